The highest BCUT2D eigenvalue weighted by atomic mass is 16.5. The van der Waals surface area contributed by atoms with Crippen LogP contribution in [0.25, 0.3) is 22.3 Å². The van der Waals surface area contributed by atoms with Gasteiger partial charge in [-0.25, -0.2) is 9.97 Å². The maximum absolute atomic E-state index is 13.4. The zero-order chi connectivity index (χ0) is 40.0. The number of hydrogen-bond donors (Lipinski definition) is 2. The number of anilines is 2. The molecule has 3 unspecified atom stereocenters. The van der Waals surface area contributed by atoms with E-state index in [1.54, 1.807) is 12.4 Å². The van der Waals surface area contributed by atoms with E-state index in [4.69, 9.17) is 9.72 Å². The molecule has 4 aromatic rings. The highest BCUT2D eigenvalue weighted by molar-refractivity contribution is 6.23. The van der Waals surface area contributed by atoms with E-state index in [2.05, 4.69) is 59.2 Å². The minimum Gasteiger partial charge on any atom is -0.488 e. The number of hydrogen-bond acceptors (Lipinski definition) is 12. The maximum Gasteiger partial charge on any atom is 0.262 e. The van der Waals surface area contributed by atoms with Gasteiger partial charge < -0.3 is 19.4 Å². The molecular formula is C44H50N10O5. The van der Waals surface area contributed by atoms with Crippen molar-refractivity contribution in [3.05, 3.63) is 59.9 Å². The summed E-state index contributed by atoms with van der Waals surface area (Å²) in [7, 11) is 0. The Hall–Kier alpha value is -5.41. The number of H-pyrrole nitrogens is 1. The van der Waals surface area contributed by atoms with Crippen molar-refractivity contribution in [3.8, 4) is 17.1 Å². The Morgan fingerprint density at radius 2 is 1.64 bits per heavy atom. The molecule has 6 fully saturated rings. The third-order valence-electron chi connectivity index (χ3n) is 14.4. The van der Waals surface area contributed by atoms with E-state index < -0.39 is 23.8 Å². The van der Waals surface area contributed by atoms with Crippen molar-refractivity contribution in [3.63, 3.8) is 0 Å². The second-order valence-electron chi connectivity index (χ2n) is 18.3. The average molecular weight is 799 g/mol. The van der Waals surface area contributed by atoms with Gasteiger partial charge in [-0.1, -0.05) is 0 Å². The number of carbonyl (C=O) groups excluding carboxylic acids is 4. The highest BCUT2D eigenvalue weighted by Crippen LogP contribution is 2.56. The van der Waals surface area contributed by atoms with Crippen molar-refractivity contribution in [1.29, 1.82) is 0 Å². The van der Waals surface area contributed by atoms with Crippen LogP contribution in [0.4, 0.5) is 11.5 Å². The van der Waals surface area contributed by atoms with Gasteiger partial charge in [-0.15, -0.1) is 0 Å². The second-order valence-corrected chi connectivity index (χ2v) is 18.3. The summed E-state index contributed by atoms with van der Waals surface area (Å²) in [6, 6.07) is 13.3. The molecule has 0 bridgehead atoms. The zero-order valence-corrected chi connectivity index (χ0v) is 33.5. The number of amides is 4. The number of nitrogens with one attached hydrogen (secondary N) is 2. The van der Waals surface area contributed by atoms with Crippen LogP contribution in [-0.4, -0.2) is 135 Å². The number of ether oxygens (including phenoxy) is 1. The van der Waals surface area contributed by atoms with Gasteiger partial charge in [-0.05, 0) is 94.2 Å². The van der Waals surface area contributed by atoms with Crippen LogP contribution < -0.4 is 19.9 Å². The topological polar surface area (TPSA) is 160 Å². The fraction of sp³-hybridized carbons (Fsp3) is 0.523. The molecule has 59 heavy (non-hydrogen) atoms. The van der Waals surface area contributed by atoms with E-state index in [9.17, 15) is 19.2 Å². The molecule has 3 atom stereocenters. The van der Waals surface area contributed by atoms with Crippen LogP contribution in [0.3, 0.4) is 0 Å². The Bertz CT molecular complexity index is 2380. The van der Waals surface area contributed by atoms with E-state index in [-0.39, 0.29) is 24.3 Å². The molecule has 7 aliphatic rings. The molecule has 4 amide bonds. The molecule has 0 radical (unpaired) electrons. The number of imide groups is 2. The summed E-state index contributed by atoms with van der Waals surface area (Å²) in [5.41, 5.74) is 4.50. The predicted octanol–water partition coefficient (Wildman–Crippen LogP) is 3.86. The second kappa shape index (κ2) is 13.8. The molecule has 7 heterocycles. The number of aromatic nitrogens is 4. The van der Waals surface area contributed by atoms with Gasteiger partial charge in [0.05, 0.1) is 22.3 Å². The van der Waals surface area contributed by atoms with Crippen LogP contribution in [-0.2, 0) is 9.59 Å². The standard InChI is InChI=1S/C44H50N10O5/c1-43(10-11-43)59-29-3-5-33-32(21-29)39(49-48-33)34-22-37(46-26-45-34)53-15-12-44(25-53)23-36(44)52-18-16-50(17-19-52)24-27-8-13-51(14-9-27)28-2-4-30-31(20-28)42(58)54(41(30)57)35-6-7-38(55)47-40(35)56/h2-5,20-22,26-27,35-36H,6-19,23-25H2,1H3,(H,48,49)(H,47,55,56). The van der Waals surface area contributed by atoms with Crippen LogP contribution in [0.5, 0.6) is 5.75 Å². The summed E-state index contributed by atoms with van der Waals surface area (Å²) in [6.07, 6.45) is 8.70. The molecule has 4 saturated heterocycles. The van der Waals surface area contributed by atoms with E-state index >= 15 is 0 Å². The first-order chi connectivity index (χ1) is 28.6. The summed E-state index contributed by atoms with van der Waals surface area (Å²) in [5, 5.41) is 11.1. The fourth-order valence-corrected chi connectivity index (χ4v) is 10.5. The third kappa shape index (κ3) is 6.62. The summed E-state index contributed by atoms with van der Waals surface area (Å²) in [5.74, 6) is 0.570. The lowest BCUT2D eigenvalue weighted by Crippen LogP contribution is -2.54. The minimum atomic E-state index is -0.953. The monoisotopic (exact) mass is 798 g/mol. The number of fused-ring (bicyclic) bond motifs is 2. The Labute approximate surface area is 342 Å². The molecule has 11 rings (SSSR count). The number of piperazine rings is 1. The van der Waals surface area contributed by atoms with Crippen LogP contribution in [0.1, 0.15) is 79.0 Å². The molecular weight excluding hydrogens is 749 g/mol. The van der Waals surface area contributed by atoms with E-state index in [1.807, 2.05) is 24.3 Å². The smallest absolute Gasteiger partial charge is 0.262 e. The molecule has 2 aliphatic carbocycles. The number of carbonyl (C=O) groups is 4. The molecule has 15 nitrogen and oxygen atoms in total. The highest BCUT2D eigenvalue weighted by Gasteiger charge is 2.60. The average Bonchev–Trinajstić information content (AvgIpc) is 3.97. The largest absolute Gasteiger partial charge is 0.488 e. The Balaban J connectivity index is 0.658. The van der Waals surface area contributed by atoms with E-state index in [0.29, 0.717) is 28.5 Å². The van der Waals surface area contributed by atoms with Gasteiger partial charge in [0.2, 0.25) is 11.8 Å². The van der Waals surface area contributed by atoms with E-state index in [1.165, 1.54) is 12.8 Å². The van der Waals surface area contributed by atoms with Gasteiger partial charge in [0.15, 0.2) is 0 Å². The first-order valence-electron chi connectivity index (χ1n) is 21.4. The number of piperidine rings is 2. The summed E-state index contributed by atoms with van der Waals surface area (Å²) >= 11 is 0. The number of benzene rings is 2. The summed E-state index contributed by atoms with van der Waals surface area (Å²) < 4.78 is 6.25. The Kier molecular flexibility index (Phi) is 8.59. The lowest BCUT2D eigenvalue weighted by Gasteiger charge is -2.40. The van der Waals surface area contributed by atoms with E-state index in [0.717, 1.165) is 129 Å². The van der Waals surface area contributed by atoms with Crippen LogP contribution in [0.15, 0.2) is 48.8 Å². The third-order valence-corrected chi connectivity index (χ3v) is 14.4. The lowest BCUT2D eigenvalue weighted by molar-refractivity contribution is -0.136. The fourth-order valence-electron chi connectivity index (χ4n) is 10.5. The number of rotatable bonds is 9. The predicted molar refractivity (Wildman–Crippen MR) is 219 cm³/mol. The molecule has 2 saturated carbocycles. The van der Waals surface area contributed by atoms with Crippen molar-refractivity contribution in [1.82, 2.24) is 40.2 Å². The van der Waals surface area contributed by atoms with Crippen molar-refractivity contribution < 1.29 is 23.9 Å². The molecule has 306 valence electrons. The SMILES string of the molecule is CC1(Oc2ccc3[nH]nc(-c4cc(N5CCC6(CC6N6CCN(CC7CCN(c8ccc9c(c8)C(=O)N(C8CCC(=O)NC8=O)C9=O)CC7)CC6)C5)ncn4)c3c2)CC1. The van der Waals surface area contributed by atoms with Gasteiger partial charge in [0.1, 0.15) is 35.2 Å². The summed E-state index contributed by atoms with van der Waals surface area (Å²) in [6.45, 7) is 11.5. The zero-order valence-electron chi connectivity index (χ0n) is 33.5. The van der Waals surface area contributed by atoms with Crippen LogP contribution in [0.2, 0.25) is 0 Å². The molecule has 2 aromatic carbocycles. The van der Waals surface area contributed by atoms with Crippen molar-refractivity contribution in [2.24, 2.45) is 11.3 Å². The molecule has 15 heteroatoms. The Morgan fingerprint density at radius 3 is 2.44 bits per heavy atom. The normalized spacial score (nSPS) is 27.2. The number of nitrogens with zero attached hydrogens (tertiary/aromatic N) is 8. The van der Waals surface area contributed by atoms with Gasteiger partial charge in [0.25, 0.3) is 11.8 Å². The molecule has 2 aromatic heterocycles. The van der Waals surface area contributed by atoms with Crippen molar-refractivity contribution >= 4 is 46.0 Å². The van der Waals surface area contributed by atoms with Crippen molar-refractivity contribution in [2.75, 3.05) is 68.7 Å². The van der Waals surface area contributed by atoms with Crippen LogP contribution in [0, 0.1) is 11.3 Å². The maximum atomic E-state index is 13.4. The quantitative estimate of drug-likeness (QED) is 0.236. The van der Waals surface area contributed by atoms with Crippen LogP contribution >= 0.6 is 0 Å². The minimum absolute atomic E-state index is 0.0447. The molecule has 1 spiro atoms. The van der Waals surface area contributed by atoms with Gasteiger partial charge in [-0.2, -0.15) is 5.10 Å². The van der Waals surface area contributed by atoms with Gasteiger partial charge in [0, 0.05) is 93.9 Å². The molecule has 2 N–H and O–H groups in total. The summed E-state index contributed by atoms with van der Waals surface area (Å²) in [4.78, 5) is 71.2. The van der Waals surface area contributed by atoms with Gasteiger partial charge in [-0.3, -0.25) is 39.4 Å². The van der Waals surface area contributed by atoms with Crippen molar-refractivity contribution in [2.45, 2.75) is 76.0 Å². The number of aromatic amines is 1. The first kappa shape index (κ1) is 36.7. The van der Waals surface area contributed by atoms with Gasteiger partial charge >= 0.3 is 0 Å². The Morgan fingerprint density at radius 1 is 0.831 bits per heavy atom. The lowest BCUT2D eigenvalue weighted by atomic mass is 9.95. The molecule has 5 aliphatic heterocycles. The first-order valence-corrected chi connectivity index (χ1v) is 21.4.